The summed E-state index contributed by atoms with van der Waals surface area (Å²) in [6, 6.07) is 12.2. The highest BCUT2D eigenvalue weighted by atomic mass is 35.5. The highest BCUT2D eigenvalue weighted by Crippen LogP contribution is 2.24. The quantitative estimate of drug-likeness (QED) is 0.809. The second kappa shape index (κ2) is 5.67. The number of halogens is 2. The molecule has 1 atom stereocenters. The smallest absolute Gasteiger partial charge is 0.214 e. The van der Waals surface area contributed by atoms with Crippen LogP contribution in [0, 0.1) is 5.95 Å². The summed E-state index contributed by atoms with van der Waals surface area (Å²) in [5, 5.41) is 0.657. The lowest BCUT2D eigenvalue weighted by molar-refractivity contribution is 0.225. The molecule has 20 heavy (non-hydrogen) atoms. The molecule has 1 aliphatic heterocycles. The number of benzene rings is 1. The van der Waals surface area contributed by atoms with Crippen molar-refractivity contribution in [2.45, 2.75) is 12.5 Å². The standard InChI is InChI=1S/C15H14ClFN2O/c16-11-3-1-4-12(9-11)20-13-7-8-19(10-13)15-6-2-5-14(17)18-15/h1-6,9,13H,7-8,10H2. The van der Waals surface area contributed by atoms with E-state index in [1.807, 2.05) is 29.2 Å². The molecule has 0 amide bonds. The molecule has 0 radical (unpaired) electrons. The largest absolute Gasteiger partial charge is 0.488 e. The number of hydrogen-bond acceptors (Lipinski definition) is 3. The molecule has 0 spiro atoms. The van der Waals surface area contributed by atoms with Crippen LogP contribution in [0.1, 0.15) is 6.42 Å². The lowest BCUT2D eigenvalue weighted by Gasteiger charge is -2.18. The van der Waals surface area contributed by atoms with Crippen LogP contribution in [0.5, 0.6) is 5.75 Å². The molecule has 1 fully saturated rings. The van der Waals surface area contributed by atoms with Crippen LogP contribution in [0.2, 0.25) is 5.02 Å². The van der Waals surface area contributed by atoms with Crippen LogP contribution in [-0.2, 0) is 0 Å². The molecule has 3 nitrogen and oxygen atoms in total. The minimum Gasteiger partial charge on any atom is -0.488 e. The average Bonchev–Trinajstić information content (AvgIpc) is 2.87. The molecule has 1 aromatic carbocycles. The van der Waals surface area contributed by atoms with E-state index in [-0.39, 0.29) is 6.10 Å². The molecule has 1 aromatic heterocycles. The summed E-state index contributed by atoms with van der Waals surface area (Å²) in [4.78, 5) is 5.92. The molecule has 1 aliphatic rings. The van der Waals surface area contributed by atoms with E-state index in [4.69, 9.17) is 16.3 Å². The molecule has 104 valence electrons. The van der Waals surface area contributed by atoms with E-state index < -0.39 is 5.95 Å². The van der Waals surface area contributed by atoms with Crippen molar-refractivity contribution >= 4 is 17.4 Å². The lowest BCUT2D eigenvalue weighted by Crippen LogP contribution is -2.25. The van der Waals surface area contributed by atoms with Crippen molar-refractivity contribution in [2.24, 2.45) is 0 Å². The van der Waals surface area contributed by atoms with Gasteiger partial charge in [0, 0.05) is 18.0 Å². The number of hydrogen-bond donors (Lipinski definition) is 0. The normalized spacial score (nSPS) is 18.3. The minimum atomic E-state index is -0.457. The average molecular weight is 293 g/mol. The van der Waals surface area contributed by atoms with E-state index in [0.717, 1.165) is 18.7 Å². The maximum absolute atomic E-state index is 13.1. The Morgan fingerprint density at radius 3 is 2.90 bits per heavy atom. The Hall–Kier alpha value is -1.81. The Balaban J connectivity index is 1.65. The van der Waals surface area contributed by atoms with Crippen LogP contribution in [0.3, 0.4) is 0 Å². The summed E-state index contributed by atoms with van der Waals surface area (Å²) in [7, 11) is 0. The first-order valence-corrected chi connectivity index (χ1v) is 6.88. The monoisotopic (exact) mass is 292 g/mol. The van der Waals surface area contributed by atoms with E-state index in [1.54, 1.807) is 12.1 Å². The third-order valence-electron chi connectivity index (χ3n) is 3.27. The second-order valence-electron chi connectivity index (χ2n) is 4.75. The molecule has 0 aliphatic carbocycles. The molecule has 3 rings (SSSR count). The fourth-order valence-electron chi connectivity index (χ4n) is 2.34. The Labute approximate surface area is 122 Å². The number of ether oxygens (including phenoxy) is 1. The van der Waals surface area contributed by atoms with Gasteiger partial charge in [-0.1, -0.05) is 23.7 Å². The van der Waals surface area contributed by atoms with Crippen LogP contribution in [0.25, 0.3) is 0 Å². The number of aromatic nitrogens is 1. The van der Waals surface area contributed by atoms with Gasteiger partial charge in [-0.3, -0.25) is 0 Å². The van der Waals surface area contributed by atoms with Crippen LogP contribution >= 0.6 is 11.6 Å². The van der Waals surface area contributed by atoms with Crippen LogP contribution < -0.4 is 9.64 Å². The van der Waals surface area contributed by atoms with Gasteiger partial charge in [-0.15, -0.1) is 0 Å². The van der Waals surface area contributed by atoms with Crippen molar-refractivity contribution in [1.82, 2.24) is 4.98 Å². The first-order chi connectivity index (χ1) is 9.70. The second-order valence-corrected chi connectivity index (χ2v) is 5.19. The molecule has 2 aromatic rings. The van der Waals surface area contributed by atoms with Gasteiger partial charge >= 0.3 is 0 Å². The van der Waals surface area contributed by atoms with E-state index in [2.05, 4.69) is 4.98 Å². The Morgan fingerprint density at radius 2 is 2.10 bits per heavy atom. The summed E-state index contributed by atoms with van der Waals surface area (Å²) < 4.78 is 19.0. The third-order valence-corrected chi connectivity index (χ3v) is 3.50. The van der Waals surface area contributed by atoms with Gasteiger partial charge in [0.15, 0.2) is 0 Å². The van der Waals surface area contributed by atoms with Crippen LogP contribution in [0.15, 0.2) is 42.5 Å². The van der Waals surface area contributed by atoms with Crippen molar-refractivity contribution in [3.63, 3.8) is 0 Å². The van der Waals surface area contributed by atoms with E-state index in [9.17, 15) is 4.39 Å². The van der Waals surface area contributed by atoms with Crippen molar-refractivity contribution in [2.75, 3.05) is 18.0 Å². The molecular formula is C15H14ClFN2O. The molecule has 0 saturated carbocycles. The molecular weight excluding hydrogens is 279 g/mol. The fourth-order valence-corrected chi connectivity index (χ4v) is 2.52. The highest BCUT2D eigenvalue weighted by Gasteiger charge is 2.25. The maximum Gasteiger partial charge on any atom is 0.214 e. The Kier molecular flexibility index (Phi) is 3.74. The van der Waals surface area contributed by atoms with Gasteiger partial charge < -0.3 is 9.64 Å². The van der Waals surface area contributed by atoms with Gasteiger partial charge in [0.1, 0.15) is 17.7 Å². The van der Waals surface area contributed by atoms with Gasteiger partial charge in [-0.25, -0.2) is 4.98 Å². The maximum atomic E-state index is 13.1. The lowest BCUT2D eigenvalue weighted by atomic mass is 10.3. The Morgan fingerprint density at radius 1 is 1.25 bits per heavy atom. The summed E-state index contributed by atoms with van der Waals surface area (Å²) in [5.74, 6) is 0.959. The van der Waals surface area contributed by atoms with Gasteiger partial charge in [0.25, 0.3) is 0 Å². The van der Waals surface area contributed by atoms with Crippen LogP contribution in [-0.4, -0.2) is 24.2 Å². The summed E-state index contributed by atoms with van der Waals surface area (Å²) in [5.41, 5.74) is 0. The predicted octanol–water partition coefficient (Wildman–Crippen LogP) is 3.53. The predicted molar refractivity (Wildman–Crippen MR) is 76.9 cm³/mol. The zero-order chi connectivity index (χ0) is 13.9. The molecule has 5 heteroatoms. The van der Waals surface area contributed by atoms with E-state index in [0.29, 0.717) is 17.4 Å². The van der Waals surface area contributed by atoms with Gasteiger partial charge in [0.2, 0.25) is 5.95 Å². The summed E-state index contributed by atoms with van der Waals surface area (Å²) >= 11 is 5.93. The third kappa shape index (κ3) is 3.02. The van der Waals surface area contributed by atoms with Crippen LogP contribution in [0.4, 0.5) is 10.2 Å². The zero-order valence-corrected chi connectivity index (χ0v) is 11.6. The van der Waals surface area contributed by atoms with Gasteiger partial charge in [0.05, 0.1) is 6.54 Å². The Bertz CT molecular complexity index is 608. The number of anilines is 1. The van der Waals surface area contributed by atoms with Crippen molar-refractivity contribution in [3.05, 3.63) is 53.4 Å². The highest BCUT2D eigenvalue weighted by molar-refractivity contribution is 6.30. The molecule has 0 N–H and O–H groups in total. The zero-order valence-electron chi connectivity index (χ0n) is 10.8. The summed E-state index contributed by atoms with van der Waals surface area (Å²) in [6.07, 6.45) is 0.948. The molecule has 2 heterocycles. The SMILES string of the molecule is Fc1cccc(N2CCC(Oc3cccc(Cl)c3)C2)n1. The number of nitrogens with zero attached hydrogens (tertiary/aromatic N) is 2. The van der Waals surface area contributed by atoms with E-state index >= 15 is 0 Å². The van der Waals surface area contributed by atoms with E-state index in [1.165, 1.54) is 6.07 Å². The summed E-state index contributed by atoms with van der Waals surface area (Å²) in [6.45, 7) is 1.50. The minimum absolute atomic E-state index is 0.0681. The molecule has 0 bridgehead atoms. The fraction of sp³-hybridized carbons (Fsp3) is 0.267. The van der Waals surface area contributed by atoms with Crippen molar-refractivity contribution in [1.29, 1.82) is 0 Å². The number of rotatable bonds is 3. The van der Waals surface area contributed by atoms with Crippen molar-refractivity contribution in [3.8, 4) is 5.75 Å². The topological polar surface area (TPSA) is 25.4 Å². The van der Waals surface area contributed by atoms with Gasteiger partial charge in [-0.2, -0.15) is 4.39 Å². The van der Waals surface area contributed by atoms with Crippen molar-refractivity contribution < 1.29 is 9.13 Å². The number of pyridine rings is 1. The molecule has 1 unspecified atom stereocenters. The molecule has 1 saturated heterocycles. The van der Waals surface area contributed by atoms with Gasteiger partial charge in [-0.05, 0) is 30.3 Å². The first kappa shape index (κ1) is 13.2. The first-order valence-electron chi connectivity index (χ1n) is 6.50.